The SMILES string of the molecule is Cc1[nH]c2ccccc2c1[C@@H]1[C@H](CC(=O)N(C2CC2)C2(C(=O)NC34CC5CC(CC(C5)C3)C4)CCSCC2)C1(C)C. The Morgan fingerprint density at radius 3 is 2.27 bits per heavy atom. The summed E-state index contributed by atoms with van der Waals surface area (Å²) in [6.45, 7) is 6.86. The van der Waals surface area contributed by atoms with E-state index in [9.17, 15) is 9.59 Å². The van der Waals surface area contributed by atoms with E-state index >= 15 is 0 Å². The fourth-order valence-electron chi connectivity index (χ4n) is 10.7. The monoisotopic (exact) mass is 573 g/mol. The van der Waals surface area contributed by atoms with Crippen molar-refractivity contribution < 1.29 is 9.59 Å². The molecule has 41 heavy (non-hydrogen) atoms. The summed E-state index contributed by atoms with van der Waals surface area (Å²) < 4.78 is 0. The van der Waals surface area contributed by atoms with Crippen molar-refractivity contribution in [2.45, 2.75) is 114 Å². The first-order chi connectivity index (χ1) is 19.7. The third-order valence-electron chi connectivity index (χ3n) is 12.5. The molecule has 6 aliphatic carbocycles. The number of amides is 2. The van der Waals surface area contributed by atoms with Crippen molar-refractivity contribution in [3.05, 3.63) is 35.5 Å². The first-order valence-corrected chi connectivity index (χ1v) is 17.6. The number of aromatic nitrogens is 1. The number of para-hydroxylation sites is 1. The Kier molecular flexibility index (Phi) is 6.03. The van der Waals surface area contributed by atoms with Crippen LogP contribution in [-0.4, -0.2) is 50.3 Å². The second-order valence-corrected chi connectivity index (χ2v) is 16.8. The molecule has 2 heterocycles. The van der Waals surface area contributed by atoms with Gasteiger partial charge in [-0.3, -0.25) is 9.59 Å². The van der Waals surface area contributed by atoms with Gasteiger partial charge in [-0.15, -0.1) is 0 Å². The Morgan fingerprint density at radius 1 is 1.00 bits per heavy atom. The molecule has 6 heteroatoms. The number of thioether (sulfide) groups is 1. The zero-order chi connectivity index (χ0) is 28.1. The molecule has 4 bridgehead atoms. The number of aryl methyl sites for hydroxylation is 1. The largest absolute Gasteiger partial charge is 0.358 e. The number of H-pyrrole nitrogens is 1. The molecular weight excluding hydrogens is 526 g/mol. The number of benzene rings is 1. The molecule has 0 spiro atoms. The molecule has 220 valence electrons. The van der Waals surface area contributed by atoms with Crippen LogP contribution in [0.2, 0.25) is 0 Å². The summed E-state index contributed by atoms with van der Waals surface area (Å²) in [5, 5.41) is 5.05. The van der Waals surface area contributed by atoms with Gasteiger partial charge in [-0.2, -0.15) is 11.8 Å². The van der Waals surface area contributed by atoms with Gasteiger partial charge in [0.15, 0.2) is 0 Å². The molecule has 2 aromatic rings. The second kappa shape index (κ2) is 9.27. The Morgan fingerprint density at radius 2 is 1.63 bits per heavy atom. The summed E-state index contributed by atoms with van der Waals surface area (Å²) in [6, 6.07) is 8.83. The third-order valence-corrected chi connectivity index (χ3v) is 13.5. The smallest absolute Gasteiger partial charge is 0.246 e. The molecule has 0 unspecified atom stereocenters. The topological polar surface area (TPSA) is 65.2 Å². The lowest BCUT2D eigenvalue weighted by Crippen LogP contribution is -2.68. The van der Waals surface area contributed by atoms with Crippen molar-refractivity contribution in [1.82, 2.24) is 15.2 Å². The summed E-state index contributed by atoms with van der Waals surface area (Å²) in [5.74, 6) is 5.41. The molecular formula is C35H47N3O2S. The van der Waals surface area contributed by atoms with Crippen molar-refractivity contribution in [3.8, 4) is 0 Å². The van der Waals surface area contributed by atoms with Crippen LogP contribution in [0.15, 0.2) is 24.3 Å². The zero-order valence-electron chi connectivity index (χ0n) is 25.1. The molecule has 1 aromatic heterocycles. The summed E-state index contributed by atoms with van der Waals surface area (Å²) in [4.78, 5) is 34.9. The van der Waals surface area contributed by atoms with Crippen LogP contribution in [0.5, 0.6) is 0 Å². The van der Waals surface area contributed by atoms with Gasteiger partial charge in [-0.1, -0.05) is 32.0 Å². The van der Waals surface area contributed by atoms with Crippen LogP contribution in [-0.2, 0) is 9.59 Å². The minimum absolute atomic E-state index is 0.0157. The normalized spacial score (nSPS) is 36.3. The van der Waals surface area contributed by atoms with E-state index in [0.717, 1.165) is 74.2 Å². The van der Waals surface area contributed by atoms with Crippen molar-refractivity contribution in [2.24, 2.45) is 29.1 Å². The minimum atomic E-state index is -0.669. The molecule has 7 fully saturated rings. The second-order valence-electron chi connectivity index (χ2n) is 15.6. The van der Waals surface area contributed by atoms with Gasteiger partial charge in [0.1, 0.15) is 5.54 Å². The maximum absolute atomic E-state index is 14.6. The summed E-state index contributed by atoms with van der Waals surface area (Å²) in [6.07, 6.45) is 11.8. The number of hydrogen-bond donors (Lipinski definition) is 2. The van der Waals surface area contributed by atoms with Crippen molar-refractivity contribution in [3.63, 3.8) is 0 Å². The molecule has 1 aromatic carbocycles. The Labute approximate surface area is 249 Å². The highest BCUT2D eigenvalue weighted by molar-refractivity contribution is 7.99. The number of carbonyl (C=O) groups excluding carboxylic acids is 2. The maximum Gasteiger partial charge on any atom is 0.246 e. The van der Waals surface area contributed by atoms with Gasteiger partial charge in [-0.25, -0.2) is 0 Å². The van der Waals surface area contributed by atoms with E-state index in [0.29, 0.717) is 18.3 Å². The van der Waals surface area contributed by atoms with Crippen LogP contribution in [0.3, 0.4) is 0 Å². The lowest BCUT2D eigenvalue weighted by Gasteiger charge is -2.58. The lowest BCUT2D eigenvalue weighted by atomic mass is 9.53. The van der Waals surface area contributed by atoms with Crippen LogP contribution >= 0.6 is 11.8 Å². The standard InChI is InChI=1S/C35H47N3O2S/c1-21-30(26-6-4-5-7-28(26)36-21)31-27(33(31,2)3)17-29(39)38(25-8-9-25)35(10-12-41-13-11-35)32(40)37-34-18-22-14-23(19-34)16-24(15-22)20-34/h4-7,22-25,27,31,36H,8-20H2,1-3H3,(H,37,40)/t22?,23?,24?,27-,31-,34?/m0/s1. The molecule has 1 aliphatic heterocycles. The molecule has 5 nitrogen and oxygen atoms in total. The van der Waals surface area contributed by atoms with Crippen LogP contribution < -0.4 is 5.32 Å². The molecule has 2 N–H and O–H groups in total. The van der Waals surface area contributed by atoms with E-state index in [2.05, 4.69) is 60.2 Å². The van der Waals surface area contributed by atoms with Gasteiger partial charge < -0.3 is 15.2 Å². The van der Waals surface area contributed by atoms with Crippen molar-refractivity contribution >= 4 is 34.5 Å². The number of nitrogens with one attached hydrogen (secondary N) is 2. The summed E-state index contributed by atoms with van der Waals surface area (Å²) in [7, 11) is 0. The Bertz CT molecular complexity index is 1350. The van der Waals surface area contributed by atoms with Crippen molar-refractivity contribution in [2.75, 3.05) is 11.5 Å². The van der Waals surface area contributed by atoms with Gasteiger partial charge in [0, 0.05) is 34.6 Å². The number of aromatic amines is 1. The van der Waals surface area contributed by atoms with E-state index < -0.39 is 5.54 Å². The summed E-state index contributed by atoms with van der Waals surface area (Å²) in [5.41, 5.74) is 3.19. The highest BCUT2D eigenvalue weighted by Crippen LogP contribution is 2.67. The predicted molar refractivity (Wildman–Crippen MR) is 166 cm³/mol. The van der Waals surface area contributed by atoms with E-state index in [1.54, 1.807) is 0 Å². The van der Waals surface area contributed by atoms with Crippen LogP contribution in [0.1, 0.15) is 102 Å². The van der Waals surface area contributed by atoms with Crippen LogP contribution in [0.25, 0.3) is 10.9 Å². The Balaban J connectivity index is 1.07. The van der Waals surface area contributed by atoms with E-state index in [-0.39, 0.29) is 28.8 Å². The number of hydrogen-bond acceptors (Lipinski definition) is 3. The maximum atomic E-state index is 14.6. The molecule has 9 rings (SSSR count). The Hall–Kier alpha value is -1.95. The molecule has 0 radical (unpaired) electrons. The van der Waals surface area contributed by atoms with Gasteiger partial charge in [0.05, 0.1) is 0 Å². The first-order valence-electron chi connectivity index (χ1n) is 16.5. The fourth-order valence-corrected chi connectivity index (χ4v) is 11.9. The number of carbonyl (C=O) groups is 2. The minimum Gasteiger partial charge on any atom is -0.358 e. The van der Waals surface area contributed by atoms with E-state index in [4.69, 9.17) is 0 Å². The number of nitrogens with zero attached hydrogens (tertiary/aromatic N) is 1. The van der Waals surface area contributed by atoms with Crippen LogP contribution in [0, 0.1) is 36.0 Å². The summed E-state index contributed by atoms with van der Waals surface area (Å²) >= 11 is 1.95. The lowest BCUT2D eigenvalue weighted by molar-refractivity contribution is -0.153. The van der Waals surface area contributed by atoms with E-state index in [1.165, 1.54) is 41.4 Å². The number of rotatable bonds is 7. The predicted octanol–water partition coefficient (Wildman–Crippen LogP) is 6.95. The molecule has 2 amide bonds. The average molecular weight is 574 g/mol. The first kappa shape index (κ1) is 26.7. The molecule has 6 saturated carbocycles. The van der Waals surface area contributed by atoms with Gasteiger partial charge in [0.25, 0.3) is 0 Å². The van der Waals surface area contributed by atoms with Gasteiger partial charge in [-0.05, 0) is 129 Å². The molecule has 2 atom stereocenters. The molecule has 7 aliphatic rings. The highest BCUT2D eigenvalue weighted by Gasteiger charge is 2.62. The van der Waals surface area contributed by atoms with Gasteiger partial charge >= 0.3 is 0 Å². The fraction of sp³-hybridized carbons (Fsp3) is 0.714. The third kappa shape index (κ3) is 4.24. The quantitative estimate of drug-likeness (QED) is 0.377. The highest BCUT2D eigenvalue weighted by atomic mass is 32.2. The van der Waals surface area contributed by atoms with Gasteiger partial charge in [0.2, 0.25) is 11.8 Å². The average Bonchev–Trinajstić information content (AvgIpc) is 3.80. The van der Waals surface area contributed by atoms with Crippen LogP contribution in [0.4, 0.5) is 0 Å². The zero-order valence-corrected chi connectivity index (χ0v) is 26.0. The van der Waals surface area contributed by atoms with E-state index in [1.807, 2.05) is 11.8 Å². The van der Waals surface area contributed by atoms with Crippen molar-refractivity contribution in [1.29, 1.82) is 0 Å². The molecule has 1 saturated heterocycles. The number of fused-ring (bicyclic) bond motifs is 1.